The van der Waals surface area contributed by atoms with E-state index in [2.05, 4.69) is 15.9 Å². The Morgan fingerprint density at radius 1 is 1.47 bits per heavy atom. The van der Waals surface area contributed by atoms with Gasteiger partial charge in [-0.05, 0) is 53.9 Å². The number of carboxylic acid groups (broad SMARTS) is 1. The van der Waals surface area contributed by atoms with Crippen molar-refractivity contribution in [3.63, 3.8) is 0 Å². The maximum absolute atomic E-state index is 12.5. The average molecular weight is 347 g/mol. The van der Waals surface area contributed by atoms with Gasteiger partial charge in [-0.1, -0.05) is 11.6 Å². The van der Waals surface area contributed by atoms with E-state index in [0.717, 1.165) is 0 Å². The number of halogens is 2. The number of aliphatic carboxylic acids is 1. The van der Waals surface area contributed by atoms with Gasteiger partial charge in [-0.15, -0.1) is 0 Å². The fourth-order valence-corrected chi connectivity index (χ4v) is 3.17. The molecule has 1 aromatic carbocycles. The van der Waals surface area contributed by atoms with Crippen molar-refractivity contribution in [2.75, 3.05) is 6.54 Å². The first-order chi connectivity index (χ1) is 8.86. The normalized spacial score (nSPS) is 22.6. The maximum atomic E-state index is 12.5. The summed E-state index contributed by atoms with van der Waals surface area (Å²) < 4.78 is 0.574. The molecule has 6 heteroatoms. The van der Waals surface area contributed by atoms with Gasteiger partial charge in [0.05, 0.1) is 5.56 Å². The van der Waals surface area contributed by atoms with Crippen molar-refractivity contribution in [2.45, 2.75) is 25.3 Å². The minimum Gasteiger partial charge on any atom is -0.480 e. The number of likely N-dealkylation sites (tertiary alicyclic amines) is 1. The summed E-state index contributed by atoms with van der Waals surface area (Å²) in [5.41, 5.74) is -0.699. The number of amides is 1. The van der Waals surface area contributed by atoms with Crippen LogP contribution in [0, 0.1) is 0 Å². The minimum atomic E-state index is -1.13. The smallest absolute Gasteiger partial charge is 0.329 e. The van der Waals surface area contributed by atoms with Gasteiger partial charge in [0.15, 0.2) is 0 Å². The molecule has 19 heavy (non-hydrogen) atoms. The Balaban J connectivity index is 2.36. The molecule has 4 nitrogen and oxygen atoms in total. The quantitative estimate of drug-likeness (QED) is 0.895. The molecule has 0 aromatic heterocycles. The molecule has 1 heterocycles. The van der Waals surface area contributed by atoms with E-state index in [1.807, 2.05) is 0 Å². The van der Waals surface area contributed by atoms with Crippen LogP contribution >= 0.6 is 27.5 Å². The fourth-order valence-electron chi connectivity index (χ4n) is 2.32. The third-order valence-corrected chi connectivity index (χ3v) is 4.40. The van der Waals surface area contributed by atoms with Crippen molar-refractivity contribution in [1.82, 2.24) is 4.90 Å². The second kappa shape index (κ2) is 5.13. The van der Waals surface area contributed by atoms with Crippen LogP contribution in [0.15, 0.2) is 22.7 Å². The van der Waals surface area contributed by atoms with E-state index in [-0.39, 0.29) is 5.91 Å². The Morgan fingerprint density at radius 2 is 2.16 bits per heavy atom. The monoisotopic (exact) mass is 345 g/mol. The second-order valence-electron chi connectivity index (χ2n) is 4.76. The number of carbonyl (C=O) groups is 2. The summed E-state index contributed by atoms with van der Waals surface area (Å²) in [6.07, 6.45) is 1.17. The zero-order valence-corrected chi connectivity index (χ0v) is 12.7. The van der Waals surface area contributed by atoms with Crippen LogP contribution in [0.2, 0.25) is 5.02 Å². The van der Waals surface area contributed by atoms with Crippen LogP contribution in [0.5, 0.6) is 0 Å². The molecule has 1 unspecified atom stereocenters. The Hall–Kier alpha value is -1.07. The summed E-state index contributed by atoms with van der Waals surface area (Å²) in [5, 5.41) is 9.84. The van der Waals surface area contributed by atoms with Gasteiger partial charge >= 0.3 is 5.97 Å². The lowest BCUT2D eigenvalue weighted by Gasteiger charge is -2.31. The summed E-state index contributed by atoms with van der Waals surface area (Å²) in [4.78, 5) is 25.3. The van der Waals surface area contributed by atoms with Gasteiger partial charge in [0.25, 0.3) is 5.91 Å². The average Bonchev–Trinajstić information content (AvgIpc) is 2.72. The molecule has 1 amide bonds. The van der Waals surface area contributed by atoms with Gasteiger partial charge in [0.1, 0.15) is 5.54 Å². The molecule has 0 aliphatic carbocycles. The first-order valence-electron chi connectivity index (χ1n) is 5.86. The Labute approximate surface area is 124 Å². The number of rotatable bonds is 2. The number of carboxylic acids is 1. The van der Waals surface area contributed by atoms with Crippen molar-refractivity contribution < 1.29 is 14.7 Å². The summed E-state index contributed by atoms with van der Waals surface area (Å²) in [6.45, 7) is 2.04. The molecule has 1 fully saturated rings. The van der Waals surface area contributed by atoms with E-state index < -0.39 is 11.5 Å². The molecule has 1 N–H and O–H groups in total. The highest BCUT2D eigenvalue weighted by Gasteiger charge is 2.46. The van der Waals surface area contributed by atoms with Crippen molar-refractivity contribution in [3.05, 3.63) is 33.3 Å². The number of hydrogen-bond donors (Lipinski definition) is 1. The highest BCUT2D eigenvalue weighted by Crippen LogP contribution is 2.32. The summed E-state index contributed by atoms with van der Waals surface area (Å²) in [7, 11) is 0. The third kappa shape index (κ3) is 2.49. The SMILES string of the molecule is CC1(C(=O)O)CCCN1C(=O)c1ccc(Cl)cc1Br. The van der Waals surface area contributed by atoms with Crippen molar-refractivity contribution in [2.24, 2.45) is 0 Å². The second-order valence-corrected chi connectivity index (χ2v) is 6.05. The largest absolute Gasteiger partial charge is 0.480 e. The number of benzene rings is 1. The van der Waals surface area contributed by atoms with Crippen LogP contribution in [-0.4, -0.2) is 34.0 Å². The van der Waals surface area contributed by atoms with E-state index >= 15 is 0 Å². The molecule has 0 saturated carbocycles. The van der Waals surface area contributed by atoms with Gasteiger partial charge in [0.2, 0.25) is 0 Å². The Morgan fingerprint density at radius 3 is 2.74 bits per heavy atom. The van der Waals surface area contributed by atoms with E-state index in [1.54, 1.807) is 25.1 Å². The zero-order chi connectivity index (χ0) is 14.2. The minimum absolute atomic E-state index is 0.286. The van der Waals surface area contributed by atoms with Crippen LogP contribution < -0.4 is 0 Å². The van der Waals surface area contributed by atoms with Crippen molar-refractivity contribution in [3.8, 4) is 0 Å². The van der Waals surface area contributed by atoms with Crippen LogP contribution in [-0.2, 0) is 4.79 Å². The number of hydrogen-bond acceptors (Lipinski definition) is 2. The third-order valence-electron chi connectivity index (χ3n) is 3.51. The number of nitrogens with zero attached hydrogens (tertiary/aromatic N) is 1. The van der Waals surface area contributed by atoms with Crippen LogP contribution in [0.4, 0.5) is 0 Å². The highest BCUT2D eigenvalue weighted by molar-refractivity contribution is 9.10. The lowest BCUT2D eigenvalue weighted by Crippen LogP contribution is -2.50. The number of carbonyl (C=O) groups excluding carboxylic acids is 1. The standard InChI is InChI=1S/C13H13BrClNO3/c1-13(12(18)19)5-2-6-16(13)11(17)9-4-3-8(15)7-10(9)14/h3-4,7H,2,5-6H2,1H3,(H,18,19). The van der Waals surface area contributed by atoms with Crippen LogP contribution in [0.25, 0.3) is 0 Å². The lowest BCUT2D eigenvalue weighted by molar-refractivity contribution is -0.147. The van der Waals surface area contributed by atoms with E-state index in [4.69, 9.17) is 11.6 Å². The zero-order valence-electron chi connectivity index (χ0n) is 10.3. The molecule has 0 spiro atoms. The molecule has 102 valence electrons. The van der Waals surface area contributed by atoms with Crippen LogP contribution in [0.1, 0.15) is 30.1 Å². The van der Waals surface area contributed by atoms with Gasteiger partial charge < -0.3 is 10.0 Å². The molecule has 1 saturated heterocycles. The maximum Gasteiger partial charge on any atom is 0.329 e. The van der Waals surface area contributed by atoms with E-state index in [0.29, 0.717) is 34.4 Å². The van der Waals surface area contributed by atoms with Gasteiger partial charge in [0, 0.05) is 16.0 Å². The molecule has 0 bridgehead atoms. The predicted octanol–water partition coefficient (Wildman–Crippen LogP) is 3.18. The van der Waals surface area contributed by atoms with Gasteiger partial charge in [-0.25, -0.2) is 4.79 Å². The topological polar surface area (TPSA) is 57.6 Å². The Bertz CT molecular complexity index is 549. The van der Waals surface area contributed by atoms with E-state index in [1.165, 1.54) is 4.90 Å². The molecule has 1 atom stereocenters. The van der Waals surface area contributed by atoms with Crippen molar-refractivity contribution >= 4 is 39.4 Å². The summed E-state index contributed by atoms with van der Waals surface area (Å²) in [5.74, 6) is -1.26. The van der Waals surface area contributed by atoms with Crippen LogP contribution in [0.3, 0.4) is 0 Å². The van der Waals surface area contributed by atoms with Gasteiger partial charge in [-0.2, -0.15) is 0 Å². The molecule has 0 radical (unpaired) electrons. The molecule has 2 rings (SSSR count). The first kappa shape index (κ1) is 14.3. The first-order valence-corrected chi connectivity index (χ1v) is 7.04. The molecule has 1 aromatic rings. The Kier molecular flexibility index (Phi) is 3.87. The fraction of sp³-hybridized carbons (Fsp3) is 0.385. The highest BCUT2D eigenvalue weighted by atomic mass is 79.9. The van der Waals surface area contributed by atoms with E-state index in [9.17, 15) is 14.7 Å². The molecule has 1 aliphatic rings. The molecule has 1 aliphatic heterocycles. The molecular weight excluding hydrogens is 334 g/mol. The predicted molar refractivity (Wildman–Crippen MR) is 75.5 cm³/mol. The summed E-state index contributed by atoms with van der Waals surface area (Å²) >= 11 is 9.13. The molecular formula is C13H13BrClNO3. The summed E-state index contributed by atoms with van der Waals surface area (Å²) in [6, 6.07) is 4.85. The lowest BCUT2D eigenvalue weighted by atomic mass is 9.98. The van der Waals surface area contributed by atoms with Gasteiger partial charge in [-0.3, -0.25) is 4.79 Å². The van der Waals surface area contributed by atoms with Crippen molar-refractivity contribution in [1.29, 1.82) is 0 Å².